The van der Waals surface area contributed by atoms with Gasteiger partial charge in [-0.3, -0.25) is 5.10 Å². The Morgan fingerprint density at radius 3 is 3.22 bits per heavy atom. The lowest BCUT2D eigenvalue weighted by atomic mass is 10.2. The summed E-state index contributed by atoms with van der Waals surface area (Å²) in [6, 6.07) is 3.88. The maximum atomic E-state index is 5.87. The number of nitrogens with zero attached hydrogens (tertiary/aromatic N) is 2. The monoisotopic (exact) mass is 284 g/mol. The van der Waals surface area contributed by atoms with E-state index in [-0.39, 0.29) is 6.10 Å². The summed E-state index contributed by atoms with van der Waals surface area (Å²) in [6.45, 7) is 1.49. The molecule has 5 nitrogen and oxygen atoms in total. The molecule has 3 heterocycles. The molecule has 1 aliphatic rings. The van der Waals surface area contributed by atoms with Crippen LogP contribution in [0.25, 0.3) is 0 Å². The lowest BCUT2D eigenvalue weighted by Gasteiger charge is -2.03. The van der Waals surface area contributed by atoms with Gasteiger partial charge in [-0.25, -0.2) is 0 Å². The lowest BCUT2D eigenvalue weighted by molar-refractivity contribution is 0.105. The molecule has 2 N–H and O–H groups in total. The number of nitrogens with one attached hydrogen (secondary N) is 2. The molecule has 96 valence electrons. The van der Waals surface area contributed by atoms with Gasteiger partial charge in [0.1, 0.15) is 6.10 Å². The zero-order chi connectivity index (χ0) is 12.4. The molecule has 2 aromatic heterocycles. The van der Waals surface area contributed by atoms with Crippen LogP contribution < -0.4 is 5.32 Å². The van der Waals surface area contributed by atoms with E-state index in [1.165, 1.54) is 0 Å². The van der Waals surface area contributed by atoms with Gasteiger partial charge in [0.2, 0.25) is 5.95 Å². The number of aromatic amines is 1. The van der Waals surface area contributed by atoms with E-state index in [9.17, 15) is 0 Å². The predicted molar refractivity (Wildman–Crippen MR) is 71.0 cm³/mol. The summed E-state index contributed by atoms with van der Waals surface area (Å²) in [5.74, 6) is 1.41. The molecule has 1 unspecified atom stereocenters. The molecule has 7 heteroatoms. The smallest absolute Gasteiger partial charge is 0.242 e. The second-order valence-corrected chi connectivity index (χ2v) is 5.90. The van der Waals surface area contributed by atoms with E-state index in [2.05, 4.69) is 20.5 Å². The van der Waals surface area contributed by atoms with Crippen molar-refractivity contribution in [1.82, 2.24) is 15.2 Å². The van der Waals surface area contributed by atoms with Crippen molar-refractivity contribution in [2.45, 2.75) is 25.5 Å². The van der Waals surface area contributed by atoms with Gasteiger partial charge in [-0.15, -0.1) is 16.4 Å². The van der Waals surface area contributed by atoms with Crippen molar-refractivity contribution in [2.24, 2.45) is 0 Å². The molecule has 0 spiro atoms. The molecule has 0 saturated carbocycles. The van der Waals surface area contributed by atoms with Crippen LogP contribution in [-0.2, 0) is 11.3 Å². The summed E-state index contributed by atoms with van der Waals surface area (Å²) in [4.78, 5) is 5.54. The first-order chi connectivity index (χ1) is 8.81. The SMILES string of the molecule is Clc1ccc(CNc2n[nH]c(C3CCCO3)n2)s1. The summed E-state index contributed by atoms with van der Waals surface area (Å²) in [6.07, 6.45) is 2.17. The first-order valence-corrected chi connectivity index (χ1v) is 7.03. The Hall–Kier alpha value is -1.11. The standard InChI is InChI=1S/C11H13ClN4OS/c12-9-4-3-7(18-9)6-13-11-14-10(15-16-11)8-2-1-5-17-8/h3-4,8H,1-2,5-6H2,(H2,13,14,15,16). The van der Waals surface area contributed by atoms with Crippen LogP contribution in [0.3, 0.4) is 0 Å². The van der Waals surface area contributed by atoms with E-state index in [0.717, 1.165) is 34.5 Å². The number of hydrogen-bond acceptors (Lipinski definition) is 5. The van der Waals surface area contributed by atoms with Gasteiger partial charge in [0.25, 0.3) is 0 Å². The van der Waals surface area contributed by atoms with E-state index in [1.807, 2.05) is 12.1 Å². The number of H-pyrrole nitrogens is 1. The van der Waals surface area contributed by atoms with Crippen LogP contribution in [-0.4, -0.2) is 21.8 Å². The van der Waals surface area contributed by atoms with Crippen molar-refractivity contribution in [3.8, 4) is 0 Å². The van der Waals surface area contributed by atoms with Crippen LogP contribution >= 0.6 is 22.9 Å². The highest BCUT2D eigenvalue weighted by atomic mass is 35.5. The fraction of sp³-hybridized carbons (Fsp3) is 0.455. The lowest BCUT2D eigenvalue weighted by Crippen LogP contribution is -2.00. The minimum absolute atomic E-state index is 0.0734. The summed E-state index contributed by atoms with van der Waals surface area (Å²) in [5, 5.41) is 10.2. The number of rotatable bonds is 4. The zero-order valence-corrected chi connectivity index (χ0v) is 11.2. The Bertz CT molecular complexity index is 521. The van der Waals surface area contributed by atoms with Crippen LogP contribution in [0.4, 0.5) is 5.95 Å². The fourth-order valence-corrected chi connectivity index (χ4v) is 2.93. The third-order valence-corrected chi connectivity index (χ3v) is 4.02. The van der Waals surface area contributed by atoms with Crippen LogP contribution in [0, 0.1) is 0 Å². The molecule has 3 rings (SSSR count). The number of ether oxygens (including phenoxy) is 1. The first-order valence-electron chi connectivity index (χ1n) is 5.83. The molecule has 1 fully saturated rings. The molecule has 1 saturated heterocycles. The molecular formula is C11H13ClN4OS. The van der Waals surface area contributed by atoms with E-state index in [4.69, 9.17) is 16.3 Å². The van der Waals surface area contributed by atoms with Crippen molar-refractivity contribution in [2.75, 3.05) is 11.9 Å². The summed E-state index contributed by atoms with van der Waals surface area (Å²) in [7, 11) is 0. The van der Waals surface area contributed by atoms with Gasteiger partial charge in [-0.05, 0) is 25.0 Å². The van der Waals surface area contributed by atoms with Gasteiger partial charge in [0.15, 0.2) is 5.82 Å². The maximum absolute atomic E-state index is 5.87. The molecule has 18 heavy (non-hydrogen) atoms. The first kappa shape index (κ1) is 12.0. The van der Waals surface area contributed by atoms with Gasteiger partial charge < -0.3 is 10.1 Å². The Kier molecular flexibility index (Phi) is 3.49. The minimum Gasteiger partial charge on any atom is -0.370 e. The normalized spacial score (nSPS) is 19.3. The van der Waals surface area contributed by atoms with Crippen molar-refractivity contribution in [3.05, 3.63) is 27.2 Å². The highest BCUT2D eigenvalue weighted by Crippen LogP contribution is 2.26. The molecule has 1 atom stereocenters. The molecular weight excluding hydrogens is 272 g/mol. The predicted octanol–water partition coefficient (Wildman–Crippen LogP) is 2.98. The molecule has 2 aromatic rings. The van der Waals surface area contributed by atoms with Crippen molar-refractivity contribution >= 4 is 28.9 Å². The van der Waals surface area contributed by atoms with Crippen LogP contribution in [0.2, 0.25) is 4.34 Å². The Labute approximate surface area is 114 Å². The quantitative estimate of drug-likeness (QED) is 0.906. The van der Waals surface area contributed by atoms with Gasteiger partial charge in [0.05, 0.1) is 10.9 Å². The second kappa shape index (κ2) is 5.26. The molecule has 0 radical (unpaired) electrons. The van der Waals surface area contributed by atoms with Crippen molar-refractivity contribution in [3.63, 3.8) is 0 Å². The van der Waals surface area contributed by atoms with Gasteiger partial charge in [-0.2, -0.15) is 4.98 Å². The van der Waals surface area contributed by atoms with Crippen molar-refractivity contribution in [1.29, 1.82) is 0 Å². The second-order valence-electron chi connectivity index (χ2n) is 4.11. The third-order valence-electron chi connectivity index (χ3n) is 2.79. The topological polar surface area (TPSA) is 62.8 Å². The Balaban J connectivity index is 1.59. The van der Waals surface area contributed by atoms with Crippen LogP contribution in [0.5, 0.6) is 0 Å². The molecule has 0 aliphatic carbocycles. The van der Waals surface area contributed by atoms with E-state index >= 15 is 0 Å². The molecule has 0 amide bonds. The molecule has 0 aromatic carbocycles. The van der Waals surface area contributed by atoms with E-state index < -0.39 is 0 Å². The van der Waals surface area contributed by atoms with Gasteiger partial charge in [-0.1, -0.05) is 11.6 Å². The Morgan fingerprint density at radius 1 is 1.56 bits per heavy atom. The zero-order valence-electron chi connectivity index (χ0n) is 9.65. The summed E-state index contributed by atoms with van der Waals surface area (Å²) in [5.41, 5.74) is 0. The van der Waals surface area contributed by atoms with Gasteiger partial charge in [0, 0.05) is 11.5 Å². The largest absolute Gasteiger partial charge is 0.370 e. The summed E-state index contributed by atoms with van der Waals surface area (Å²) < 4.78 is 6.33. The number of aromatic nitrogens is 3. The fourth-order valence-electron chi connectivity index (χ4n) is 1.90. The molecule has 0 bridgehead atoms. The minimum atomic E-state index is 0.0734. The van der Waals surface area contributed by atoms with Crippen LogP contribution in [0.1, 0.15) is 29.6 Å². The summed E-state index contributed by atoms with van der Waals surface area (Å²) >= 11 is 7.42. The van der Waals surface area contributed by atoms with E-state index in [1.54, 1.807) is 11.3 Å². The highest BCUT2D eigenvalue weighted by Gasteiger charge is 2.21. The highest BCUT2D eigenvalue weighted by molar-refractivity contribution is 7.16. The maximum Gasteiger partial charge on any atom is 0.242 e. The van der Waals surface area contributed by atoms with E-state index in [0.29, 0.717) is 12.5 Å². The number of hydrogen-bond donors (Lipinski definition) is 2. The van der Waals surface area contributed by atoms with Crippen LogP contribution in [0.15, 0.2) is 12.1 Å². The molecule has 1 aliphatic heterocycles. The third kappa shape index (κ3) is 2.66. The number of halogens is 1. The average molecular weight is 285 g/mol. The average Bonchev–Trinajstić information content (AvgIpc) is 3.07. The van der Waals surface area contributed by atoms with Crippen molar-refractivity contribution < 1.29 is 4.74 Å². The number of anilines is 1. The van der Waals surface area contributed by atoms with Gasteiger partial charge >= 0.3 is 0 Å². The number of thiophene rings is 1. The Morgan fingerprint density at radius 2 is 2.50 bits per heavy atom.